The lowest BCUT2D eigenvalue weighted by atomic mass is 9.93. The van der Waals surface area contributed by atoms with E-state index in [0.717, 1.165) is 30.3 Å². The lowest BCUT2D eigenvalue weighted by Crippen LogP contribution is -2.55. The number of fused-ring (bicyclic) bond motifs is 1. The van der Waals surface area contributed by atoms with Gasteiger partial charge in [-0.1, -0.05) is 19.1 Å². The van der Waals surface area contributed by atoms with Crippen LogP contribution in [0.1, 0.15) is 43.2 Å². The van der Waals surface area contributed by atoms with Crippen LogP contribution in [0.2, 0.25) is 0 Å². The second kappa shape index (κ2) is 15.5. The van der Waals surface area contributed by atoms with Gasteiger partial charge < -0.3 is 29.2 Å². The fraction of sp³-hybridized carbons (Fsp3) is 0.654. The highest BCUT2D eigenvalue weighted by atomic mass is 35.5. The van der Waals surface area contributed by atoms with Gasteiger partial charge in [0.05, 0.1) is 30.2 Å². The number of imidazole rings is 1. The van der Waals surface area contributed by atoms with E-state index in [9.17, 15) is 9.59 Å². The molecule has 2 atom stereocenters. The van der Waals surface area contributed by atoms with E-state index >= 15 is 0 Å². The summed E-state index contributed by atoms with van der Waals surface area (Å²) < 4.78 is 12.7. The van der Waals surface area contributed by atoms with Crippen molar-refractivity contribution in [3.05, 3.63) is 30.1 Å². The number of halogens is 2. The maximum atomic E-state index is 14.0. The monoisotopic (exact) mass is 557 g/mol. The van der Waals surface area contributed by atoms with Crippen molar-refractivity contribution in [1.82, 2.24) is 24.7 Å². The molecule has 2 saturated heterocycles. The van der Waals surface area contributed by atoms with Crippen LogP contribution in [0.25, 0.3) is 11.0 Å². The number of nitrogens with zero attached hydrogens (tertiary/aromatic N) is 4. The Hall–Kier alpha value is -1.91. The fourth-order valence-electron chi connectivity index (χ4n) is 5.19. The Morgan fingerprint density at radius 3 is 2.65 bits per heavy atom. The summed E-state index contributed by atoms with van der Waals surface area (Å²) in [6, 6.07) is 7.88. The summed E-state index contributed by atoms with van der Waals surface area (Å²) in [5.74, 6) is 0.464. The number of methoxy groups -OCH3 is 1. The molecule has 3 heterocycles. The van der Waals surface area contributed by atoms with E-state index in [4.69, 9.17) is 14.5 Å². The molecule has 37 heavy (non-hydrogen) atoms. The predicted molar refractivity (Wildman–Crippen MR) is 149 cm³/mol. The molecule has 0 radical (unpaired) electrons. The number of carbonyl (C=O) groups is 2. The first kappa shape index (κ1) is 31.3. The summed E-state index contributed by atoms with van der Waals surface area (Å²) in [6.07, 6.45) is 3.35. The number of piperidine rings is 1. The first-order valence-electron chi connectivity index (χ1n) is 13.0. The molecule has 2 amide bonds. The Morgan fingerprint density at radius 2 is 1.92 bits per heavy atom. The van der Waals surface area contributed by atoms with Crippen molar-refractivity contribution in [2.24, 2.45) is 5.92 Å². The molecule has 0 spiro atoms. The zero-order valence-electron chi connectivity index (χ0n) is 21.9. The zero-order valence-corrected chi connectivity index (χ0v) is 23.5. The predicted octanol–water partition coefficient (Wildman–Crippen LogP) is 3.00. The van der Waals surface area contributed by atoms with Gasteiger partial charge in [0.1, 0.15) is 0 Å². The van der Waals surface area contributed by atoms with Crippen LogP contribution >= 0.6 is 24.8 Å². The first-order chi connectivity index (χ1) is 17.1. The Balaban J connectivity index is 0.00000241. The maximum absolute atomic E-state index is 14.0. The molecule has 1 aromatic heterocycles. The molecule has 2 aliphatic heterocycles. The van der Waals surface area contributed by atoms with Crippen molar-refractivity contribution >= 4 is 47.7 Å². The van der Waals surface area contributed by atoms with Gasteiger partial charge in [0.2, 0.25) is 5.91 Å². The normalized spacial score (nSPS) is 19.7. The molecule has 208 valence electrons. The Bertz CT molecular complexity index is 999. The van der Waals surface area contributed by atoms with Crippen molar-refractivity contribution in [1.29, 1.82) is 0 Å². The standard InChI is InChI=1S/C26H39N5O4.2ClH/c1-3-10-30(21-17-20(18-27-19-21)25(32)29-12-15-35-16-13-29)26(33)24-28-22-8-4-5-9-23(22)31(24)11-6-7-14-34-2;;/h4-5,8-9,20-21,27H,3,6-7,10-19H2,1-2H3;2*1H/t20-,21+;;/m1../s1. The van der Waals surface area contributed by atoms with Crippen LogP contribution in [0.3, 0.4) is 0 Å². The van der Waals surface area contributed by atoms with E-state index in [1.54, 1.807) is 7.11 Å². The molecule has 1 aromatic carbocycles. The highest BCUT2D eigenvalue weighted by molar-refractivity contribution is 5.95. The molecule has 9 nitrogen and oxygen atoms in total. The number of unbranched alkanes of at least 4 members (excludes halogenated alkanes) is 1. The number of rotatable bonds is 10. The Morgan fingerprint density at radius 1 is 1.16 bits per heavy atom. The lowest BCUT2D eigenvalue weighted by molar-refractivity contribution is -0.140. The molecule has 2 aliphatic rings. The third-order valence-corrected chi connectivity index (χ3v) is 6.99. The number of carbonyl (C=O) groups excluding carboxylic acids is 2. The van der Waals surface area contributed by atoms with E-state index in [-0.39, 0.29) is 48.6 Å². The number of aryl methyl sites for hydroxylation is 1. The van der Waals surface area contributed by atoms with Gasteiger partial charge in [-0.15, -0.1) is 24.8 Å². The number of nitrogens with one attached hydrogen (secondary N) is 1. The molecule has 2 aromatic rings. The van der Waals surface area contributed by atoms with Crippen LogP contribution in [0.4, 0.5) is 0 Å². The molecule has 0 unspecified atom stereocenters. The number of ether oxygens (including phenoxy) is 2. The number of aromatic nitrogens is 2. The maximum Gasteiger partial charge on any atom is 0.290 e. The molecule has 0 aliphatic carbocycles. The molecule has 4 rings (SSSR count). The summed E-state index contributed by atoms with van der Waals surface area (Å²) in [7, 11) is 1.71. The van der Waals surface area contributed by atoms with Gasteiger partial charge in [-0.05, 0) is 37.8 Å². The number of hydrogen-bond donors (Lipinski definition) is 1. The van der Waals surface area contributed by atoms with Gasteiger partial charge in [-0.3, -0.25) is 9.59 Å². The smallest absolute Gasteiger partial charge is 0.290 e. The minimum absolute atomic E-state index is 0. The second-order valence-electron chi connectivity index (χ2n) is 9.46. The highest BCUT2D eigenvalue weighted by Crippen LogP contribution is 2.23. The number of hydrogen-bond acceptors (Lipinski definition) is 6. The van der Waals surface area contributed by atoms with Crippen molar-refractivity contribution in [2.75, 3.05) is 59.7 Å². The van der Waals surface area contributed by atoms with E-state index in [0.29, 0.717) is 71.3 Å². The Labute approximate surface area is 232 Å². The van der Waals surface area contributed by atoms with Crippen molar-refractivity contribution in [3.63, 3.8) is 0 Å². The SMILES string of the molecule is CCCN(C(=O)c1nc2ccccc2n1CCCCOC)[C@@H]1CNC[C@H](C(=O)N2CCOCC2)C1.Cl.Cl. The summed E-state index contributed by atoms with van der Waals surface area (Å²) in [6.45, 7) is 7.95. The average Bonchev–Trinajstić information content (AvgIpc) is 3.28. The van der Waals surface area contributed by atoms with E-state index in [2.05, 4.69) is 16.8 Å². The topological polar surface area (TPSA) is 88.9 Å². The number of para-hydroxylation sites is 2. The zero-order chi connectivity index (χ0) is 24.6. The van der Waals surface area contributed by atoms with Crippen LogP contribution in [0.5, 0.6) is 0 Å². The quantitative estimate of drug-likeness (QED) is 0.452. The van der Waals surface area contributed by atoms with Crippen LogP contribution in [-0.2, 0) is 20.8 Å². The molecule has 11 heteroatoms. The minimum Gasteiger partial charge on any atom is -0.385 e. The Kier molecular flexibility index (Phi) is 13.1. The summed E-state index contributed by atoms with van der Waals surface area (Å²) in [4.78, 5) is 35.7. The fourth-order valence-corrected chi connectivity index (χ4v) is 5.19. The highest BCUT2D eigenvalue weighted by Gasteiger charge is 2.36. The summed E-state index contributed by atoms with van der Waals surface area (Å²) >= 11 is 0. The summed E-state index contributed by atoms with van der Waals surface area (Å²) in [5.41, 5.74) is 1.81. The van der Waals surface area contributed by atoms with Gasteiger partial charge in [-0.2, -0.15) is 0 Å². The van der Waals surface area contributed by atoms with E-state index in [1.165, 1.54) is 0 Å². The number of benzene rings is 1. The molecule has 0 saturated carbocycles. The largest absolute Gasteiger partial charge is 0.385 e. The molecular weight excluding hydrogens is 517 g/mol. The van der Waals surface area contributed by atoms with Gasteiger partial charge in [0.25, 0.3) is 5.91 Å². The number of morpholine rings is 1. The minimum atomic E-state index is -0.133. The van der Waals surface area contributed by atoms with E-state index in [1.807, 2.05) is 34.1 Å². The summed E-state index contributed by atoms with van der Waals surface area (Å²) in [5, 5.41) is 3.43. The van der Waals surface area contributed by atoms with Gasteiger partial charge in [0, 0.05) is 59.0 Å². The number of amides is 2. The lowest BCUT2D eigenvalue weighted by Gasteiger charge is -2.39. The third kappa shape index (κ3) is 7.57. The third-order valence-electron chi connectivity index (χ3n) is 6.99. The van der Waals surface area contributed by atoms with Crippen LogP contribution in [0, 0.1) is 5.92 Å². The molecule has 1 N–H and O–H groups in total. The first-order valence-corrected chi connectivity index (χ1v) is 13.0. The van der Waals surface area contributed by atoms with E-state index < -0.39 is 0 Å². The molecular formula is C26H41Cl2N5O4. The van der Waals surface area contributed by atoms with Crippen LogP contribution in [-0.4, -0.2) is 96.9 Å². The van der Waals surface area contributed by atoms with Crippen molar-refractivity contribution < 1.29 is 19.1 Å². The van der Waals surface area contributed by atoms with Crippen molar-refractivity contribution in [3.8, 4) is 0 Å². The average molecular weight is 559 g/mol. The van der Waals surface area contributed by atoms with Crippen LogP contribution < -0.4 is 5.32 Å². The molecule has 0 bridgehead atoms. The van der Waals surface area contributed by atoms with Crippen molar-refractivity contribution in [2.45, 2.75) is 45.2 Å². The van der Waals surface area contributed by atoms with Crippen LogP contribution in [0.15, 0.2) is 24.3 Å². The second-order valence-corrected chi connectivity index (χ2v) is 9.46. The van der Waals surface area contributed by atoms with Gasteiger partial charge >= 0.3 is 0 Å². The van der Waals surface area contributed by atoms with Gasteiger partial charge in [0.15, 0.2) is 5.82 Å². The molecule has 2 fully saturated rings. The van der Waals surface area contributed by atoms with Gasteiger partial charge in [-0.25, -0.2) is 4.98 Å².